The number of hydrogen-bond donors (Lipinski definition) is 0. The van der Waals surface area contributed by atoms with E-state index < -0.39 is 23.3 Å². The van der Waals surface area contributed by atoms with Crippen molar-refractivity contribution < 1.29 is 22.3 Å². The fraction of sp³-hybridized carbons (Fsp3) is 0.417. The summed E-state index contributed by atoms with van der Waals surface area (Å²) in [4.78, 5) is 0. The van der Waals surface area contributed by atoms with Crippen molar-refractivity contribution in [2.75, 3.05) is 6.61 Å². The van der Waals surface area contributed by atoms with Crippen LogP contribution in [0.4, 0.5) is 17.6 Å². The first-order valence-electron chi connectivity index (χ1n) is 10.2. The maximum atomic E-state index is 14.8. The van der Waals surface area contributed by atoms with Gasteiger partial charge in [-0.3, -0.25) is 0 Å². The maximum Gasteiger partial charge on any atom is 0.201 e. The van der Waals surface area contributed by atoms with E-state index in [9.17, 15) is 17.6 Å². The molecule has 1 aliphatic carbocycles. The molecular weight excluding hydrogens is 380 g/mol. The molecule has 2 aromatic carbocycles. The monoisotopic (exact) mass is 406 g/mol. The number of allylic oxidation sites excluding steroid dienone is 1. The summed E-state index contributed by atoms with van der Waals surface area (Å²) in [6.45, 7) is 4.01. The first-order chi connectivity index (χ1) is 14.0. The first kappa shape index (κ1) is 21.4. The lowest BCUT2D eigenvalue weighted by Gasteiger charge is -2.28. The highest BCUT2D eigenvalue weighted by Gasteiger charge is 2.27. The fourth-order valence-corrected chi connectivity index (χ4v) is 4.05. The van der Waals surface area contributed by atoms with E-state index in [1.807, 2.05) is 0 Å². The highest BCUT2D eigenvalue weighted by molar-refractivity contribution is 5.66. The third-order valence-electron chi connectivity index (χ3n) is 5.88. The van der Waals surface area contributed by atoms with Crippen LogP contribution in [-0.2, 0) is 0 Å². The van der Waals surface area contributed by atoms with Gasteiger partial charge in [0.2, 0.25) is 5.82 Å². The number of ether oxygens (including phenoxy) is 1. The van der Waals surface area contributed by atoms with Crippen LogP contribution in [0.3, 0.4) is 0 Å². The molecule has 29 heavy (non-hydrogen) atoms. The van der Waals surface area contributed by atoms with Crippen molar-refractivity contribution in [3.05, 3.63) is 65.2 Å². The van der Waals surface area contributed by atoms with Gasteiger partial charge in [0, 0.05) is 11.1 Å². The van der Waals surface area contributed by atoms with Gasteiger partial charge in [-0.1, -0.05) is 37.6 Å². The highest BCUT2D eigenvalue weighted by Crippen LogP contribution is 2.40. The Hall–Kier alpha value is -2.30. The number of halogens is 4. The Kier molecular flexibility index (Phi) is 6.99. The molecule has 0 saturated heterocycles. The van der Waals surface area contributed by atoms with Crippen LogP contribution in [0.25, 0.3) is 11.1 Å². The first-order valence-corrected chi connectivity index (χ1v) is 10.2. The predicted octanol–water partition coefficient (Wildman–Crippen LogP) is 7.55. The molecule has 156 valence electrons. The van der Waals surface area contributed by atoms with Gasteiger partial charge in [0.1, 0.15) is 6.61 Å². The highest BCUT2D eigenvalue weighted by atomic mass is 19.2. The SMILES string of the molecule is C/C=C/COc1ccc(-c2ccc(C3CCC(CC)CC3)c(F)c2F)c(F)c1F. The van der Waals surface area contributed by atoms with Crippen LogP contribution >= 0.6 is 0 Å². The maximum absolute atomic E-state index is 14.8. The van der Waals surface area contributed by atoms with Gasteiger partial charge < -0.3 is 4.74 Å². The van der Waals surface area contributed by atoms with Gasteiger partial charge in [-0.25, -0.2) is 13.2 Å². The molecule has 0 aliphatic heterocycles. The van der Waals surface area contributed by atoms with Crippen molar-refractivity contribution in [1.82, 2.24) is 0 Å². The van der Waals surface area contributed by atoms with E-state index in [0.29, 0.717) is 11.5 Å². The van der Waals surface area contributed by atoms with Crippen molar-refractivity contribution in [2.45, 2.75) is 51.9 Å². The van der Waals surface area contributed by atoms with Crippen LogP contribution in [0.15, 0.2) is 36.4 Å². The molecule has 0 spiro atoms. The van der Waals surface area contributed by atoms with Gasteiger partial charge >= 0.3 is 0 Å². The average Bonchev–Trinajstić information content (AvgIpc) is 2.74. The fourth-order valence-electron chi connectivity index (χ4n) is 4.05. The van der Waals surface area contributed by atoms with Gasteiger partial charge in [-0.15, -0.1) is 0 Å². The number of benzene rings is 2. The summed E-state index contributed by atoms with van der Waals surface area (Å²) in [6.07, 6.45) is 8.09. The zero-order valence-electron chi connectivity index (χ0n) is 16.8. The van der Waals surface area contributed by atoms with Crippen molar-refractivity contribution >= 4 is 0 Å². The zero-order valence-corrected chi connectivity index (χ0v) is 16.8. The lowest BCUT2D eigenvalue weighted by molar-refractivity contribution is 0.312. The van der Waals surface area contributed by atoms with Gasteiger partial charge in [-0.05, 0) is 62.1 Å². The summed E-state index contributed by atoms with van der Waals surface area (Å²) >= 11 is 0. The summed E-state index contributed by atoms with van der Waals surface area (Å²) in [7, 11) is 0. The topological polar surface area (TPSA) is 9.23 Å². The molecule has 2 aromatic rings. The van der Waals surface area contributed by atoms with E-state index in [-0.39, 0.29) is 29.4 Å². The van der Waals surface area contributed by atoms with Crippen molar-refractivity contribution in [3.63, 3.8) is 0 Å². The molecule has 1 aliphatic rings. The Morgan fingerprint density at radius 2 is 1.48 bits per heavy atom. The Morgan fingerprint density at radius 1 is 0.862 bits per heavy atom. The number of hydrogen-bond acceptors (Lipinski definition) is 1. The van der Waals surface area contributed by atoms with Crippen molar-refractivity contribution in [1.29, 1.82) is 0 Å². The molecule has 0 bridgehead atoms. The second kappa shape index (κ2) is 9.47. The van der Waals surface area contributed by atoms with Crippen LogP contribution in [0.2, 0.25) is 0 Å². The van der Waals surface area contributed by atoms with Gasteiger partial charge in [0.15, 0.2) is 23.2 Å². The van der Waals surface area contributed by atoms with E-state index in [2.05, 4.69) is 6.92 Å². The Labute approximate surface area is 169 Å². The second-order valence-corrected chi connectivity index (χ2v) is 7.58. The van der Waals surface area contributed by atoms with E-state index in [1.165, 1.54) is 24.3 Å². The van der Waals surface area contributed by atoms with Gasteiger partial charge in [0.05, 0.1) is 0 Å². The van der Waals surface area contributed by atoms with E-state index in [4.69, 9.17) is 4.74 Å². The lowest BCUT2D eigenvalue weighted by atomic mass is 9.77. The lowest BCUT2D eigenvalue weighted by Crippen LogP contribution is -2.14. The molecule has 0 amide bonds. The third-order valence-corrected chi connectivity index (χ3v) is 5.88. The second-order valence-electron chi connectivity index (χ2n) is 7.58. The van der Waals surface area contributed by atoms with E-state index >= 15 is 0 Å². The normalized spacial score (nSPS) is 19.7. The van der Waals surface area contributed by atoms with Crippen LogP contribution in [0.5, 0.6) is 5.75 Å². The largest absolute Gasteiger partial charge is 0.486 e. The molecule has 1 nitrogen and oxygen atoms in total. The molecule has 1 saturated carbocycles. The predicted molar refractivity (Wildman–Crippen MR) is 107 cm³/mol. The van der Waals surface area contributed by atoms with Crippen LogP contribution < -0.4 is 4.74 Å². The molecule has 1 fully saturated rings. The summed E-state index contributed by atoms with van der Waals surface area (Å²) in [5.41, 5.74) is -0.281. The van der Waals surface area contributed by atoms with E-state index in [1.54, 1.807) is 19.1 Å². The molecule has 0 atom stereocenters. The minimum atomic E-state index is -1.25. The Bertz CT molecular complexity index is 883. The Balaban J connectivity index is 1.88. The summed E-state index contributed by atoms with van der Waals surface area (Å²) in [6, 6.07) is 5.30. The van der Waals surface area contributed by atoms with Crippen molar-refractivity contribution in [3.8, 4) is 16.9 Å². The molecule has 0 heterocycles. The minimum absolute atomic E-state index is 0.0367. The molecule has 0 radical (unpaired) electrons. The summed E-state index contributed by atoms with van der Waals surface area (Å²) in [5, 5.41) is 0. The van der Waals surface area contributed by atoms with Gasteiger partial charge in [0.25, 0.3) is 0 Å². The van der Waals surface area contributed by atoms with Crippen molar-refractivity contribution in [2.24, 2.45) is 5.92 Å². The molecule has 0 aromatic heterocycles. The van der Waals surface area contributed by atoms with Crippen LogP contribution in [0, 0.1) is 29.2 Å². The smallest absolute Gasteiger partial charge is 0.201 e. The number of rotatable bonds is 6. The van der Waals surface area contributed by atoms with Gasteiger partial charge in [-0.2, -0.15) is 4.39 Å². The third kappa shape index (κ3) is 4.49. The molecule has 0 unspecified atom stereocenters. The summed E-state index contributed by atoms with van der Waals surface area (Å²) in [5.74, 6) is -4.23. The molecule has 3 rings (SSSR count). The summed E-state index contributed by atoms with van der Waals surface area (Å²) < 4.78 is 63.6. The molecular formula is C24H26F4O. The molecule has 0 N–H and O–H groups in total. The quantitative estimate of drug-likeness (QED) is 0.355. The standard InChI is InChI=1S/C24H26F4O/c1-3-5-14-29-20-13-12-19(23(27)24(20)28)18-11-10-17(21(25)22(18)26)16-8-6-15(4-2)7-9-16/h3,5,10-13,15-16H,4,6-9,14H2,1-2H3/b5-3+. The Morgan fingerprint density at radius 3 is 2.10 bits per heavy atom. The van der Waals surface area contributed by atoms with E-state index in [0.717, 1.165) is 32.1 Å². The van der Waals surface area contributed by atoms with Crippen LogP contribution in [0.1, 0.15) is 57.4 Å². The molecule has 5 heteroatoms. The minimum Gasteiger partial charge on any atom is -0.486 e. The average molecular weight is 406 g/mol. The zero-order chi connectivity index (χ0) is 21.0. The van der Waals surface area contributed by atoms with Crippen LogP contribution in [-0.4, -0.2) is 6.61 Å².